The summed E-state index contributed by atoms with van der Waals surface area (Å²) in [6.07, 6.45) is 1.29. The Hall–Kier alpha value is -0.160. The molecule has 16 heavy (non-hydrogen) atoms. The van der Waals surface area contributed by atoms with Crippen molar-refractivity contribution in [3.63, 3.8) is 0 Å². The third-order valence-corrected chi connectivity index (χ3v) is 3.64. The molecule has 2 aliphatic heterocycles. The predicted octanol–water partition coefficient (Wildman–Crippen LogP) is 0.000800. The summed E-state index contributed by atoms with van der Waals surface area (Å²) in [5.74, 6) is 0. The number of hydrogen-bond acceptors (Lipinski definition) is 4. The van der Waals surface area contributed by atoms with E-state index in [-0.39, 0.29) is 0 Å². The zero-order valence-corrected chi connectivity index (χ0v) is 10.6. The Morgan fingerprint density at radius 2 is 2.25 bits per heavy atom. The van der Waals surface area contributed by atoms with Gasteiger partial charge >= 0.3 is 0 Å². The normalized spacial score (nSPS) is 34.9. The lowest BCUT2D eigenvalue weighted by molar-refractivity contribution is 0.0559. The van der Waals surface area contributed by atoms with E-state index in [1.165, 1.54) is 26.1 Å². The molecule has 2 unspecified atom stereocenters. The second-order valence-corrected chi connectivity index (χ2v) is 5.19. The van der Waals surface area contributed by atoms with Gasteiger partial charge in [-0.15, -0.1) is 0 Å². The zero-order valence-electron chi connectivity index (χ0n) is 10.6. The van der Waals surface area contributed by atoms with Gasteiger partial charge in [0.1, 0.15) is 0 Å². The van der Waals surface area contributed by atoms with Gasteiger partial charge < -0.3 is 15.0 Å². The second kappa shape index (κ2) is 5.96. The number of likely N-dealkylation sites (N-methyl/N-ethyl adjacent to an activating group) is 1. The lowest BCUT2D eigenvalue weighted by Crippen LogP contribution is -2.51. The van der Waals surface area contributed by atoms with Crippen LogP contribution in [0.2, 0.25) is 0 Å². The first-order chi connectivity index (χ1) is 7.75. The topological polar surface area (TPSA) is 27.7 Å². The average Bonchev–Trinajstić information content (AvgIpc) is 2.43. The van der Waals surface area contributed by atoms with Gasteiger partial charge in [0.2, 0.25) is 0 Å². The average molecular weight is 227 g/mol. The quantitative estimate of drug-likeness (QED) is 0.719. The molecule has 2 atom stereocenters. The molecular weight excluding hydrogens is 202 g/mol. The van der Waals surface area contributed by atoms with Gasteiger partial charge in [-0.05, 0) is 33.5 Å². The molecular formula is C12H25N3O. The van der Waals surface area contributed by atoms with Gasteiger partial charge in [0.15, 0.2) is 0 Å². The summed E-state index contributed by atoms with van der Waals surface area (Å²) >= 11 is 0. The van der Waals surface area contributed by atoms with Crippen LogP contribution in [0.4, 0.5) is 0 Å². The fourth-order valence-electron chi connectivity index (χ4n) is 2.71. The molecule has 1 N–H and O–H groups in total. The number of nitrogens with zero attached hydrogens (tertiary/aromatic N) is 2. The molecule has 0 amide bonds. The van der Waals surface area contributed by atoms with Crippen LogP contribution >= 0.6 is 0 Å². The Bertz CT molecular complexity index is 206. The van der Waals surface area contributed by atoms with Crippen LogP contribution in [0.1, 0.15) is 13.3 Å². The first-order valence-corrected chi connectivity index (χ1v) is 6.49. The predicted molar refractivity (Wildman–Crippen MR) is 65.8 cm³/mol. The maximum atomic E-state index is 5.51. The van der Waals surface area contributed by atoms with Crippen LogP contribution in [0.25, 0.3) is 0 Å². The van der Waals surface area contributed by atoms with Crippen molar-refractivity contribution in [3.8, 4) is 0 Å². The van der Waals surface area contributed by atoms with Crippen molar-refractivity contribution in [2.75, 3.05) is 53.0 Å². The first-order valence-electron chi connectivity index (χ1n) is 6.49. The zero-order chi connectivity index (χ0) is 11.4. The van der Waals surface area contributed by atoms with Crippen molar-refractivity contribution in [1.82, 2.24) is 15.1 Å². The Labute approximate surface area is 98.9 Å². The van der Waals surface area contributed by atoms with Crippen LogP contribution in [0.15, 0.2) is 0 Å². The van der Waals surface area contributed by atoms with Crippen LogP contribution in [-0.4, -0.2) is 74.9 Å². The van der Waals surface area contributed by atoms with Crippen LogP contribution in [0.5, 0.6) is 0 Å². The Balaban J connectivity index is 1.82. The fourth-order valence-corrected chi connectivity index (χ4v) is 2.71. The van der Waals surface area contributed by atoms with Crippen molar-refractivity contribution in [3.05, 3.63) is 0 Å². The van der Waals surface area contributed by atoms with Crippen molar-refractivity contribution >= 4 is 0 Å². The Morgan fingerprint density at radius 1 is 1.38 bits per heavy atom. The van der Waals surface area contributed by atoms with Crippen LogP contribution < -0.4 is 5.32 Å². The number of rotatable bonds is 2. The lowest BCUT2D eigenvalue weighted by atomic mass is 10.2. The van der Waals surface area contributed by atoms with E-state index in [0.717, 1.165) is 26.3 Å². The summed E-state index contributed by atoms with van der Waals surface area (Å²) in [4.78, 5) is 5.05. The van der Waals surface area contributed by atoms with E-state index < -0.39 is 0 Å². The monoisotopic (exact) mass is 227 g/mol. The maximum absolute atomic E-state index is 5.51. The molecule has 0 aromatic rings. The van der Waals surface area contributed by atoms with Gasteiger partial charge in [-0.25, -0.2) is 0 Å². The molecule has 4 nitrogen and oxygen atoms in total. The van der Waals surface area contributed by atoms with E-state index in [9.17, 15) is 0 Å². The molecule has 2 heterocycles. The molecule has 94 valence electrons. The van der Waals surface area contributed by atoms with Gasteiger partial charge in [-0.1, -0.05) is 0 Å². The summed E-state index contributed by atoms with van der Waals surface area (Å²) in [5, 5.41) is 3.54. The number of ether oxygens (including phenoxy) is 1. The van der Waals surface area contributed by atoms with Gasteiger partial charge in [-0.2, -0.15) is 0 Å². The molecule has 2 rings (SSSR count). The Kier molecular flexibility index (Phi) is 4.58. The first kappa shape index (κ1) is 12.3. The van der Waals surface area contributed by atoms with E-state index in [0.29, 0.717) is 12.1 Å². The minimum atomic E-state index is 0.527. The largest absolute Gasteiger partial charge is 0.378 e. The van der Waals surface area contributed by atoms with Gasteiger partial charge in [0.05, 0.1) is 13.2 Å². The lowest BCUT2D eigenvalue weighted by Gasteiger charge is -2.33. The maximum Gasteiger partial charge on any atom is 0.0632 e. The Morgan fingerprint density at radius 3 is 3.00 bits per heavy atom. The fraction of sp³-hybridized carbons (Fsp3) is 1.00. The van der Waals surface area contributed by atoms with E-state index in [1.807, 2.05) is 0 Å². The summed E-state index contributed by atoms with van der Waals surface area (Å²) < 4.78 is 5.51. The molecule has 2 aliphatic rings. The summed E-state index contributed by atoms with van der Waals surface area (Å²) in [7, 11) is 2.22. The third kappa shape index (κ3) is 3.42. The third-order valence-electron chi connectivity index (χ3n) is 3.64. The number of hydrogen-bond donors (Lipinski definition) is 1. The van der Waals surface area contributed by atoms with Crippen molar-refractivity contribution in [1.29, 1.82) is 0 Å². The molecule has 0 aromatic carbocycles. The number of nitrogens with one attached hydrogen (secondary N) is 1. The van der Waals surface area contributed by atoms with Crippen molar-refractivity contribution in [2.24, 2.45) is 0 Å². The van der Waals surface area contributed by atoms with Crippen LogP contribution in [-0.2, 0) is 4.74 Å². The van der Waals surface area contributed by atoms with E-state index in [4.69, 9.17) is 4.74 Å². The minimum Gasteiger partial charge on any atom is -0.378 e. The molecule has 0 radical (unpaired) electrons. The van der Waals surface area contributed by atoms with Crippen molar-refractivity contribution in [2.45, 2.75) is 25.4 Å². The minimum absolute atomic E-state index is 0.527. The highest BCUT2D eigenvalue weighted by molar-refractivity contribution is 4.81. The smallest absolute Gasteiger partial charge is 0.0632 e. The standard InChI is InChI=1S/C12H25N3O/c1-11-8-14(2)5-3-6-15(11)9-12-10-16-7-4-13-12/h11-13H,3-10H2,1-2H3. The van der Waals surface area contributed by atoms with E-state index in [1.54, 1.807) is 0 Å². The van der Waals surface area contributed by atoms with Crippen molar-refractivity contribution < 1.29 is 4.74 Å². The van der Waals surface area contributed by atoms with Gasteiger partial charge in [-0.3, -0.25) is 4.90 Å². The summed E-state index contributed by atoms with van der Waals surface area (Å²) in [6.45, 7) is 9.87. The van der Waals surface area contributed by atoms with Crippen LogP contribution in [0.3, 0.4) is 0 Å². The molecule has 0 aliphatic carbocycles. The summed E-state index contributed by atoms with van der Waals surface area (Å²) in [6, 6.07) is 1.19. The highest BCUT2D eigenvalue weighted by atomic mass is 16.5. The molecule has 0 bridgehead atoms. The van der Waals surface area contributed by atoms with Crippen LogP contribution in [0, 0.1) is 0 Å². The SMILES string of the molecule is CC1CN(C)CCCN1CC1COCCN1. The molecule has 2 saturated heterocycles. The van der Waals surface area contributed by atoms with Gasteiger partial charge in [0.25, 0.3) is 0 Å². The molecule has 0 saturated carbocycles. The second-order valence-electron chi connectivity index (χ2n) is 5.19. The summed E-state index contributed by atoms with van der Waals surface area (Å²) in [5.41, 5.74) is 0. The molecule has 0 spiro atoms. The van der Waals surface area contributed by atoms with E-state index in [2.05, 4.69) is 29.1 Å². The highest BCUT2D eigenvalue weighted by Crippen LogP contribution is 2.09. The highest BCUT2D eigenvalue weighted by Gasteiger charge is 2.23. The number of morpholine rings is 1. The molecule has 4 heteroatoms. The molecule has 0 aromatic heterocycles. The van der Waals surface area contributed by atoms with Gasteiger partial charge in [0, 0.05) is 31.7 Å². The van der Waals surface area contributed by atoms with E-state index >= 15 is 0 Å². The molecule has 2 fully saturated rings.